The molecule has 0 heterocycles. The highest BCUT2D eigenvalue weighted by molar-refractivity contribution is 5.95. The Balaban J connectivity index is 1.98. The van der Waals surface area contributed by atoms with Gasteiger partial charge in [-0.3, -0.25) is 4.79 Å². The van der Waals surface area contributed by atoms with Crippen molar-refractivity contribution >= 4 is 17.6 Å². The molecule has 0 aliphatic heterocycles. The monoisotopic (exact) mass is 411 g/mol. The Kier molecular flexibility index (Phi) is 7.46. The van der Waals surface area contributed by atoms with E-state index >= 15 is 0 Å². The van der Waals surface area contributed by atoms with Gasteiger partial charge in [0.15, 0.2) is 35.6 Å². The molecule has 0 aliphatic carbocycles. The molecule has 0 saturated heterocycles. The van der Waals surface area contributed by atoms with Crippen molar-refractivity contribution in [2.75, 3.05) is 25.6 Å². The number of carbonyl (C=O) groups excluding carboxylic acids is 2. The highest BCUT2D eigenvalue weighted by atomic mass is 19.2. The molecule has 0 fully saturated rings. The summed E-state index contributed by atoms with van der Waals surface area (Å²) in [6.45, 7) is 3.66. The smallest absolute Gasteiger partial charge is 0.338 e. The van der Waals surface area contributed by atoms with Crippen molar-refractivity contribution in [2.45, 2.75) is 13.8 Å². The Labute approximate surface area is 165 Å². The molecule has 156 valence electrons. The molecule has 1 N–H and O–H groups in total. The van der Waals surface area contributed by atoms with Crippen LogP contribution in [0.5, 0.6) is 11.5 Å². The van der Waals surface area contributed by atoms with Gasteiger partial charge in [-0.1, -0.05) is 13.8 Å². The number of methoxy groups -OCH3 is 1. The highest BCUT2D eigenvalue weighted by Gasteiger charge is 2.17. The molecule has 9 heteroatoms. The molecular formula is C20H20F3NO5. The van der Waals surface area contributed by atoms with E-state index < -0.39 is 41.6 Å². The quantitative estimate of drug-likeness (QED) is 0.526. The molecule has 0 unspecified atom stereocenters. The maximum Gasteiger partial charge on any atom is 0.338 e. The van der Waals surface area contributed by atoms with Gasteiger partial charge in [-0.25, -0.2) is 18.0 Å². The van der Waals surface area contributed by atoms with Gasteiger partial charge >= 0.3 is 5.97 Å². The van der Waals surface area contributed by atoms with E-state index in [0.29, 0.717) is 30.1 Å². The van der Waals surface area contributed by atoms with E-state index in [1.54, 1.807) is 0 Å². The first-order chi connectivity index (χ1) is 13.7. The lowest BCUT2D eigenvalue weighted by Gasteiger charge is -2.13. The van der Waals surface area contributed by atoms with E-state index in [1.807, 2.05) is 19.2 Å². The predicted octanol–water partition coefficient (Wildman–Crippen LogP) is 3.94. The fourth-order valence-electron chi connectivity index (χ4n) is 2.19. The number of ether oxygens (including phenoxy) is 3. The number of rotatable bonds is 8. The number of anilines is 1. The average molecular weight is 411 g/mol. The van der Waals surface area contributed by atoms with Crippen LogP contribution in [-0.2, 0) is 9.53 Å². The molecular weight excluding hydrogens is 391 g/mol. The molecule has 6 nitrogen and oxygen atoms in total. The summed E-state index contributed by atoms with van der Waals surface area (Å²) in [6.07, 6.45) is 0. The highest BCUT2D eigenvalue weighted by Crippen LogP contribution is 2.28. The number of esters is 1. The largest absolute Gasteiger partial charge is 0.493 e. The van der Waals surface area contributed by atoms with Gasteiger partial charge in [0, 0.05) is 0 Å². The molecule has 2 aromatic carbocycles. The number of carbonyl (C=O) groups is 2. The van der Waals surface area contributed by atoms with Gasteiger partial charge in [0.25, 0.3) is 5.91 Å². The maximum atomic E-state index is 13.6. The summed E-state index contributed by atoms with van der Waals surface area (Å²) in [4.78, 5) is 23.9. The standard InChI is InChI=1S/C20H20F3NO5/c1-11(2)9-28-15-7-4-12(8-16(15)27-3)20(26)29-10-17(25)24-14-6-5-13(21)18(22)19(14)23/h4-8,11H,9-10H2,1-3H3,(H,24,25). The maximum absolute atomic E-state index is 13.6. The Morgan fingerprint density at radius 3 is 2.41 bits per heavy atom. The molecule has 0 saturated carbocycles. The number of nitrogens with one attached hydrogen (secondary N) is 1. The third-order valence-electron chi connectivity index (χ3n) is 3.62. The molecule has 0 atom stereocenters. The lowest BCUT2D eigenvalue weighted by Crippen LogP contribution is -2.21. The van der Waals surface area contributed by atoms with E-state index in [-0.39, 0.29) is 5.56 Å². The first-order valence-electron chi connectivity index (χ1n) is 8.64. The number of amides is 1. The van der Waals surface area contributed by atoms with E-state index in [4.69, 9.17) is 14.2 Å². The van der Waals surface area contributed by atoms with Crippen LogP contribution in [0.2, 0.25) is 0 Å². The Morgan fingerprint density at radius 1 is 1.03 bits per heavy atom. The zero-order valence-electron chi connectivity index (χ0n) is 16.1. The van der Waals surface area contributed by atoms with E-state index in [9.17, 15) is 22.8 Å². The van der Waals surface area contributed by atoms with Crippen LogP contribution in [0.1, 0.15) is 24.2 Å². The second-order valence-corrected chi connectivity index (χ2v) is 6.42. The lowest BCUT2D eigenvalue weighted by atomic mass is 10.2. The van der Waals surface area contributed by atoms with E-state index in [0.717, 1.165) is 6.07 Å². The summed E-state index contributed by atoms with van der Waals surface area (Å²) in [6, 6.07) is 5.89. The molecule has 1 amide bonds. The van der Waals surface area contributed by atoms with Crippen molar-refractivity contribution in [1.82, 2.24) is 0 Å². The van der Waals surface area contributed by atoms with Crippen LogP contribution in [-0.4, -0.2) is 32.2 Å². The minimum atomic E-state index is -1.72. The van der Waals surface area contributed by atoms with Crippen molar-refractivity contribution in [1.29, 1.82) is 0 Å². The summed E-state index contributed by atoms with van der Waals surface area (Å²) < 4.78 is 55.3. The second kappa shape index (κ2) is 9.81. The predicted molar refractivity (Wildman–Crippen MR) is 98.6 cm³/mol. The summed E-state index contributed by atoms with van der Waals surface area (Å²) in [5.41, 5.74) is -0.469. The fourth-order valence-corrected chi connectivity index (χ4v) is 2.19. The van der Waals surface area contributed by atoms with Gasteiger partial charge in [-0.15, -0.1) is 0 Å². The summed E-state index contributed by atoms with van der Waals surface area (Å²) in [7, 11) is 1.41. The van der Waals surface area contributed by atoms with Crippen LogP contribution in [0, 0.1) is 23.4 Å². The lowest BCUT2D eigenvalue weighted by molar-refractivity contribution is -0.119. The zero-order chi connectivity index (χ0) is 21.6. The summed E-state index contributed by atoms with van der Waals surface area (Å²) in [5.74, 6) is -5.36. The van der Waals surface area contributed by atoms with E-state index in [2.05, 4.69) is 0 Å². The zero-order valence-corrected chi connectivity index (χ0v) is 16.1. The molecule has 0 bridgehead atoms. The van der Waals surface area contributed by atoms with Crippen LogP contribution in [0.4, 0.5) is 18.9 Å². The number of benzene rings is 2. The normalized spacial score (nSPS) is 10.6. The van der Waals surface area contributed by atoms with Crippen molar-refractivity contribution in [2.24, 2.45) is 5.92 Å². The molecule has 0 aromatic heterocycles. The van der Waals surface area contributed by atoms with Crippen LogP contribution in [0.25, 0.3) is 0 Å². The molecule has 0 spiro atoms. The molecule has 0 aliphatic rings. The van der Waals surface area contributed by atoms with Gasteiger partial charge in [0.05, 0.1) is 25.0 Å². The van der Waals surface area contributed by atoms with Crippen LogP contribution < -0.4 is 14.8 Å². The van der Waals surface area contributed by atoms with E-state index in [1.165, 1.54) is 25.3 Å². The Bertz CT molecular complexity index is 902. The van der Waals surface area contributed by atoms with Crippen LogP contribution >= 0.6 is 0 Å². The number of halogens is 3. The molecule has 29 heavy (non-hydrogen) atoms. The topological polar surface area (TPSA) is 73.9 Å². The van der Waals surface area contributed by atoms with Gasteiger partial charge < -0.3 is 19.5 Å². The number of hydrogen-bond acceptors (Lipinski definition) is 5. The van der Waals surface area contributed by atoms with Gasteiger partial charge in [0.2, 0.25) is 0 Å². The van der Waals surface area contributed by atoms with Crippen LogP contribution in [0.15, 0.2) is 30.3 Å². The first kappa shape index (κ1) is 22.1. The van der Waals surface area contributed by atoms with Gasteiger partial charge in [0.1, 0.15) is 0 Å². The fraction of sp³-hybridized carbons (Fsp3) is 0.300. The summed E-state index contributed by atoms with van der Waals surface area (Å²) >= 11 is 0. The average Bonchev–Trinajstić information content (AvgIpc) is 2.70. The minimum absolute atomic E-state index is 0.102. The second-order valence-electron chi connectivity index (χ2n) is 6.42. The minimum Gasteiger partial charge on any atom is -0.493 e. The SMILES string of the molecule is COc1cc(C(=O)OCC(=O)Nc2ccc(F)c(F)c2F)ccc1OCC(C)C. The Hall–Kier alpha value is -3.23. The van der Waals surface area contributed by atoms with Crippen molar-refractivity contribution in [3.8, 4) is 11.5 Å². The summed E-state index contributed by atoms with van der Waals surface area (Å²) in [5, 5.41) is 2.00. The first-order valence-corrected chi connectivity index (χ1v) is 8.64. The Morgan fingerprint density at radius 2 is 1.76 bits per heavy atom. The van der Waals surface area contributed by atoms with Crippen molar-refractivity contribution in [3.05, 3.63) is 53.3 Å². The van der Waals surface area contributed by atoms with Crippen molar-refractivity contribution in [3.63, 3.8) is 0 Å². The third-order valence-corrected chi connectivity index (χ3v) is 3.62. The van der Waals surface area contributed by atoms with Gasteiger partial charge in [-0.2, -0.15) is 0 Å². The molecule has 0 radical (unpaired) electrons. The molecule has 2 aromatic rings. The van der Waals surface area contributed by atoms with Gasteiger partial charge in [-0.05, 0) is 36.2 Å². The van der Waals surface area contributed by atoms with Crippen molar-refractivity contribution < 1.29 is 37.0 Å². The van der Waals surface area contributed by atoms with Crippen LogP contribution in [0.3, 0.4) is 0 Å². The molecule has 2 rings (SSSR count). The third kappa shape index (κ3) is 5.87. The number of hydrogen-bond donors (Lipinski definition) is 1.